The molecule has 0 spiro atoms. The molecule has 2 aromatic rings. The Morgan fingerprint density at radius 1 is 1.24 bits per heavy atom. The molecule has 0 radical (unpaired) electrons. The van der Waals surface area contributed by atoms with Gasteiger partial charge in [-0.25, -0.2) is 23.2 Å². The number of nitrogens with one attached hydrogen (secondary N) is 1. The van der Waals surface area contributed by atoms with Crippen LogP contribution >= 0.6 is 11.6 Å². The molecule has 0 unspecified atom stereocenters. The monoisotopic (exact) mass is 327 g/mol. The zero-order valence-electron chi connectivity index (χ0n) is 10.8. The zero-order valence-corrected chi connectivity index (χ0v) is 12.4. The number of aromatic nitrogens is 2. The number of ether oxygens (including phenoxy) is 1. The SMILES string of the molecule is COC(=O)c1ccccc1S(=O)(=O)Nc1nccnc1Cl. The van der Waals surface area contributed by atoms with Crippen LogP contribution < -0.4 is 4.72 Å². The van der Waals surface area contributed by atoms with Gasteiger partial charge in [0.15, 0.2) is 11.0 Å². The Morgan fingerprint density at radius 2 is 1.90 bits per heavy atom. The minimum atomic E-state index is -4.06. The van der Waals surface area contributed by atoms with Gasteiger partial charge in [0.1, 0.15) is 4.90 Å². The standard InChI is InChI=1S/C12H10ClN3O4S/c1-20-12(17)8-4-2-3-5-9(8)21(18,19)16-11-10(13)14-6-7-15-11/h2-7H,1H3,(H,15,16). The number of esters is 1. The van der Waals surface area contributed by atoms with Crippen molar-refractivity contribution in [3.05, 3.63) is 47.4 Å². The van der Waals surface area contributed by atoms with Crippen molar-refractivity contribution in [1.82, 2.24) is 9.97 Å². The second kappa shape index (κ2) is 6.06. The molecule has 0 aliphatic rings. The van der Waals surface area contributed by atoms with Gasteiger partial charge < -0.3 is 4.74 Å². The van der Waals surface area contributed by atoms with Crippen molar-refractivity contribution >= 4 is 33.4 Å². The van der Waals surface area contributed by atoms with Crippen LogP contribution in [0, 0.1) is 0 Å². The average Bonchev–Trinajstić information content (AvgIpc) is 2.48. The van der Waals surface area contributed by atoms with Gasteiger partial charge in [-0.15, -0.1) is 0 Å². The molecule has 7 nitrogen and oxygen atoms in total. The molecule has 0 saturated carbocycles. The number of halogens is 1. The zero-order chi connectivity index (χ0) is 15.5. The Kier molecular flexibility index (Phi) is 4.39. The molecule has 9 heteroatoms. The number of methoxy groups -OCH3 is 1. The van der Waals surface area contributed by atoms with Gasteiger partial charge >= 0.3 is 5.97 Å². The predicted molar refractivity (Wildman–Crippen MR) is 75.6 cm³/mol. The smallest absolute Gasteiger partial charge is 0.339 e. The summed E-state index contributed by atoms with van der Waals surface area (Å²) < 4.78 is 31.4. The van der Waals surface area contributed by atoms with Gasteiger partial charge in [0.2, 0.25) is 0 Å². The second-order valence-corrected chi connectivity index (χ2v) is 5.80. The summed E-state index contributed by atoms with van der Waals surface area (Å²) in [5, 5.41) is -0.100. The number of benzene rings is 1. The van der Waals surface area contributed by atoms with Crippen LogP contribution in [0.2, 0.25) is 5.15 Å². The predicted octanol–water partition coefficient (Wildman–Crippen LogP) is 1.72. The van der Waals surface area contributed by atoms with E-state index in [0.717, 1.165) is 0 Å². The van der Waals surface area contributed by atoms with Crippen molar-refractivity contribution in [1.29, 1.82) is 0 Å². The van der Waals surface area contributed by atoms with Crippen LogP contribution in [0.25, 0.3) is 0 Å². The number of anilines is 1. The molecule has 0 saturated heterocycles. The maximum absolute atomic E-state index is 12.3. The quantitative estimate of drug-likeness (QED) is 0.858. The maximum Gasteiger partial charge on any atom is 0.339 e. The molecular formula is C12H10ClN3O4S. The van der Waals surface area contributed by atoms with E-state index in [9.17, 15) is 13.2 Å². The first-order chi connectivity index (χ1) is 9.95. The van der Waals surface area contributed by atoms with Gasteiger partial charge in [0, 0.05) is 12.4 Å². The van der Waals surface area contributed by atoms with E-state index in [1.54, 1.807) is 0 Å². The van der Waals surface area contributed by atoms with Crippen molar-refractivity contribution < 1.29 is 17.9 Å². The molecule has 0 aliphatic carbocycles. The summed E-state index contributed by atoms with van der Waals surface area (Å²) in [5.41, 5.74) is -0.0903. The number of sulfonamides is 1. The Balaban J connectivity index is 2.46. The van der Waals surface area contributed by atoms with Crippen LogP contribution in [0.5, 0.6) is 0 Å². The molecule has 2 rings (SSSR count). The molecule has 0 fully saturated rings. The molecule has 0 amide bonds. The normalized spacial score (nSPS) is 11.0. The lowest BCUT2D eigenvalue weighted by Crippen LogP contribution is -2.18. The fraction of sp³-hybridized carbons (Fsp3) is 0.0833. The summed E-state index contributed by atoms with van der Waals surface area (Å²) in [7, 11) is -2.89. The lowest BCUT2D eigenvalue weighted by atomic mass is 10.2. The van der Waals surface area contributed by atoms with E-state index in [2.05, 4.69) is 19.4 Å². The highest BCUT2D eigenvalue weighted by Gasteiger charge is 2.23. The largest absolute Gasteiger partial charge is 0.465 e. The van der Waals surface area contributed by atoms with Crippen molar-refractivity contribution in [2.75, 3.05) is 11.8 Å². The van der Waals surface area contributed by atoms with Gasteiger partial charge in [-0.3, -0.25) is 4.72 Å². The first kappa shape index (κ1) is 15.2. The highest BCUT2D eigenvalue weighted by Crippen LogP contribution is 2.22. The van der Waals surface area contributed by atoms with E-state index in [0.29, 0.717) is 0 Å². The van der Waals surface area contributed by atoms with E-state index in [-0.39, 0.29) is 21.4 Å². The Bertz CT molecular complexity index is 780. The maximum atomic E-state index is 12.3. The lowest BCUT2D eigenvalue weighted by Gasteiger charge is -2.10. The molecule has 0 atom stereocenters. The molecule has 0 bridgehead atoms. The summed E-state index contributed by atoms with van der Waals surface area (Å²) in [4.78, 5) is 18.9. The van der Waals surface area contributed by atoms with Crippen LogP contribution in [0.4, 0.5) is 5.82 Å². The number of carbonyl (C=O) groups is 1. The van der Waals surface area contributed by atoms with Crippen LogP contribution in [0.15, 0.2) is 41.6 Å². The summed E-state index contributed by atoms with van der Waals surface area (Å²) >= 11 is 5.76. The summed E-state index contributed by atoms with van der Waals surface area (Å²) in [6, 6.07) is 5.64. The van der Waals surface area contributed by atoms with E-state index in [1.165, 1.54) is 43.8 Å². The van der Waals surface area contributed by atoms with E-state index < -0.39 is 16.0 Å². The van der Waals surface area contributed by atoms with Crippen LogP contribution in [0.3, 0.4) is 0 Å². The van der Waals surface area contributed by atoms with Gasteiger partial charge in [0.25, 0.3) is 10.0 Å². The Morgan fingerprint density at radius 3 is 2.57 bits per heavy atom. The number of nitrogens with zero attached hydrogens (tertiary/aromatic N) is 2. The molecule has 21 heavy (non-hydrogen) atoms. The minimum Gasteiger partial charge on any atom is -0.465 e. The van der Waals surface area contributed by atoms with E-state index >= 15 is 0 Å². The molecule has 1 aromatic carbocycles. The number of carbonyl (C=O) groups excluding carboxylic acids is 1. The number of hydrogen-bond acceptors (Lipinski definition) is 6. The third-order valence-electron chi connectivity index (χ3n) is 2.47. The van der Waals surface area contributed by atoms with E-state index in [1.807, 2.05) is 0 Å². The van der Waals surface area contributed by atoms with Gasteiger partial charge in [-0.1, -0.05) is 23.7 Å². The number of hydrogen-bond donors (Lipinski definition) is 1. The molecule has 1 heterocycles. The fourth-order valence-corrected chi connectivity index (χ4v) is 2.97. The summed E-state index contributed by atoms with van der Waals surface area (Å²) in [6.07, 6.45) is 2.61. The first-order valence-electron chi connectivity index (χ1n) is 5.62. The van der Waals surface area contributed by atoms with Crippen molar-refractivity contribution in [2.24, 2.45) is 0 Å². The van der Waals surface area contributed by atoms with Crippen molar-refractivity contribution in [2.45, 2.75) is 4.90 Å². The molecule has 1 N–H and O–H groups in total. The van der Waals surface area contributed by atoms with Crippen LogP contribution in [0.1, 0.15) is 10.4 Å². The summed E-state index contributed by atoms with van der Waals surface area (Å²) in [5.74, 6) is -0.889. The second-order valence-electron chi connectivity index (χ2n) is 3.79. The highest BCUT2D eigenvalue weighted by molar-refractivity contribution is 7.92. The minimum absolute atomic E-state index is 0.0903. The third kappa shape index (κ3) is 3.29. The first-order valence-corrected chi connectivity index (χ1v) is 7.48. The topological polar surface area (TPSA) is 98.2 Å². The van der Waals surface area contributed by atoms with Crippen LogP contribution in [-0.4, -0.2) is 31.5 Å². The fourth-order valence-electron chi connectivity index (χ4n) is 1.55. The molecule has 110 valence electrons. The number of rotatable bonds is 4. The van der Waals surface area contributed by atoms with Gasteiger partial charge in [0.05, 0.1) is 12.7 Å². The summed E-state index contributed by atoms with van der Waals surface area (Å²) in [6.45, 7) is 0. The third-order valence-corrected chi connectivity index (χ3v) is 4.14. The Labute approximate surface area is 126 Å². The van der Waals surface area contributed by atoms with Gasteiger partial charge in [-0.2, -0.15) is 0 Å². The average molecular weight is 328 g/mol. The lowest BCUT2D eigenvalue weighted by molar-refractivity contribution is 0.0596. The van der Waals surface area contributed by atoms with Gasteiger partial charge in [-0.05, 0) is 12.1 Å². The van der Waals surface area contributed by atoms with Crippen molar-refractivity contribution in [3.63, 3.8) is 0 Å². The molecule has 1 aromatic heterocycles. The van der Waals surface area contributed by atoms with Crippen molar-refractivity contribution in [3.8, 4) is 0 Å². The van der Waals surface area contributed by atoms with E-state index in [4.69, 9.17) is 11.6 Å². The molecular weight excluding hydrogens is 318 g/mol. The molecule has 0 aliphatic heterocycles. The Hall–Kier alpha value is -2.19. The van der Waals surface area contributed by atoms with Crippen LogP contribution in [-0.2, 0) is 14.8 Å². The highest BCUT2D eigenvalue weighted by atomic mass is 35.5.